The van der Waals surface area contributed by atoms with E-state index in [0.29, 0.717) is 30.0 Å². The van der Waals surface area contributed by atoms with Gasteiger partial charge in [-0.2, -0.15) is 0 Å². The van der Waals surface area contributed by atoms with E-state index in [1.54, 1.807) is 36.4 Å². The quantitative estimate of drug-likeness (QED) is 0.701. The van der Waals surface area contributed by atoms with Gasteiger partial charge >= 0.3 is 0 Å². The molecule has 0 radical (unpaired) electrons. The first-order valence-electron chi connectivity index (χ1n) is 10.2. The third kappa shape index (κ3) is 5.83. The van der Waals surface area contributed by atoms with Crippen LogP contribution in [-0.4, -0.2) is 48.9 Å². The van der Waals surface area contributed by atoms with Crippen molar-refractivity contribution in [3.05, 3.63) is 65.2 Å². The van der Waals surface area contributed by atoms with Crippen molar-refractivity contribution >= 4 is 17.7 Å². The van der Waals surface area contributed by atoms with Crippen LogP contribution in [0.4, 0.5) is 0 Å². The van der Waals surface area contributed by atoms with Gasteiger partial charge in [0, 0.05) is 30.8 Å². The van der Waals surface area contributed by atoms with Gasteiger partial charge in [-0.1, -0.05) is 12.1 Å². The second-order valence-corrected chi connectivity index (χ2v) is 7.11. The highest BCUT2D eigenvalue weighted by molar-refractivity contribution is 5.96. The lowest BCUT2D eigenvalue weighted by Gasteiger charge is -2.15. The number of carbonyl (C=O) groups excluding carboxylic acids is 3. The summed E-state index contributed by atoms with van der Waals surface area (Å²) < 4.78 is 5.34. The molecule has 1 aliphatic rings. The lowest BCUT2D eigenvalue weighted by Crippen LogP contribution is -2.36. The van der Waals surface area contributed by atoms with Crippen molar-refractivity contribution < 1.29 is 19.1 Å². The first-order chi connectivity index (χ1) is 14.6. The summed E-state index contributed by atoms with van der Waals surface area (Å²) in [7, 11) is 0. The van der Waals surface area contributed by atoms with E-state index >= 15 is 0 Å². The van der Waals surface area contributed by atoms with Crippen LogP contribution in [-0.2, 0) is 11.3 Å². The van der Waals surface area contributed by atoms with Crippen LogP contribution < -0.4 is 15.4 Å². The highest BCUT2D eigenvalue weighted by Gasteiger charge is 2.19. The molecule has 1 heterocycles. The molecule has 2 aromatic carbocycles. The molecule has 2 aromatic rings. The van der Waals surface area contributed by atoms with Crippen LogP contribution in [0.15, 0.2) is 48.5 Å². The van der Waals surface area contributed by atoms with Gasteiger partial charge in [-0.05, 0) is 61.7 Å². The van der Waals surface area contributed by atoms with Gasteiger partial charge in [-0.15, -0.1) is 0 Å². The van der Waals surface area contributed by atoms with E-state index in [9.17, 15) is 14.4 Å². The Balaban J connectivity index is 1.41. The standard InChI is InChI=1S/C23H27N3O4/c1-2-30-20-11-9-18(10-12-20)22(28)25-16-21(27)24-15-17-5-7-19(8-6-17)23(29)26-13-3-4-14-26/h5-12H,2-4,13-16H2,1H3,(H,24,27)(H,25,28). The predicted molar refractivity (Wildman–Crippen MR) is 113 cm³/mol. The van der Waals surface area contributed by atoms with E-state index in [0.717, 1.165) is 31.5 Å². The van der Waals surface area contributed by atoms with Crippen LogP contribution in [0.2, 0.25) is 0 Å². The third-order valence-corrected chi connectivity index (χ3v) is 4.92. The van der Waals surface area contributed by atoms with Gasteiger partial charge in [0.2, 0.25) is 5.91 Å². The van der Waals surface area contributed by atoms with E-state index < -0.39 is 0 Å². The zero-order valence-electron chi connectivity index (χ0n) is 17.1. The molecule has 0 aliphatic carbocycles. The summed E-state index contributed by atoms with van der Waals surface area (Å²) in [5.41, 5.74) is 2.01. The molecule has 1 aliphatic heterocycles. The Morgan fingerprint density at radius 2 is 1.53 bits per heavy atom. The van der Waals surface area contributed by atoms with Crippen LogP contribution in [0.3, 0.4) is 0 Å². The molecule has 0 spiro atoms. The molecular weight excluding hydrogens is 382 g/mol. The Morgan fingerprint density at radius 1 is 0.900 bits per heavy atom. The molecule has 7 heteroatoms. The second-order valence-electron chi connectivity index (χ2n) is 7.11. The first kappa shape index (κ1) is 21.4. The Kier molecular flexibility index (Phi) is 7.43. The lowest BCUT2D eigenvalue weighted by molar-refractivity contribution is -0.120. The fourth-order valence-corrected chi connectivity index (χ4v) is 3.26. The first-order valence-corrected chi connectivity index (χ1v) is 10.2. The van der Waals surface area contributed by atoms with Gasteiger partial charge in [-0.3, -0.25) is 14.4 Å². The molecule has 30 heavy (non-hydrogen) atoms. The zero-order chi connectivity index (χ0) is 21.3. The molecule has 3 amide bonds. The van der Waals surface area contributed by atoms with E-state index in [4.69, 9.17) is 4.74 Å². The SMILES string of the molecule is CCOc1ccc(C(=O)NCC(=O)NCc2ccc(C(=O)N3CCCC3)cc2)cc1. The summed E-state index contributed by atoms with van der Waals surface area (Å²) in [5.74, 6) is 0.143. The van der Waals surface area contributed by atoms with Gasteiger partial charge in [0.25, 0.3) is 11.8 Å². The molecule has 0 bridgehead atoms. The molecule has 3 rings (SSSR count). The maximum Gasteiger partial charge on any atom is 0.253 e. The van der Waals surface area contributed by atoms with Crippen molar-refractivity contribution in [2.24, 2.45) is 0 Å². The molecule has 1 fully saturated rings. The minimum atomic E-state index is -0.321. The number of rotatable bonds is 8. The monoisotopic (exact) mass is 409 g/mol. The topological polar surface area (TPSA) is 87.7 Å². The Morgan fingerprint density at radius 3 is 2.17 bits per heavy atom. The average Bonchev–Trinajstić information content (AvgIpc) is 3.31. The predicted octanol–water partition coefficient (Wildman–Crippen LogP) is 2.37. The van der Waals surface area contributed by atoms with Crippen molar-refractivity contribution in [1.82, 2.24) is 15.5 Å². The summed E-state index contributed by atoms with van der Waals surface area (Å²) in [6.07, 6.45) is 2.12. The van der Waals surface area contributed by atoms with E-state index in [1.165, 1.54) is 0 Å². The van der Waals surface area contributed by atoms with E-state index in [2.05, 4.69) is 10.6 Å². The minimum absolute atomic E-state index is 0.0556. The number of benzene rings is 2. The average molecular weight is 409 g/mol. The molecular formula is C23H27N3O4. The number of hydrogen-bond donors (Lipinski definition) is 2. The third-order valence-electron chi connectivity index (χ3n) is 4.92. The summed E-state index contributed by atoms with van der Waals surface area (Å²) in [6.45, 7) is 4.30. The molecule has 7 nitrogen and oxygen atoms in total. The molecule has 2 N–H and O–H groups in total. The van der Waals surface area contributed by atoms with Crippen molar-refractivity contribution in [1.29, 1.82) is 0 Å². The summed E-state index contributed by atoms with van der Waals surface area (Å²) in [4.78, 5) is 38.4. The Hall–Kier alpha value is -3.35. The van der Waals surface area contributed by atoms with Gasteiger partial charge in [0.05, 0.1) is 13.2 Å². The zero-order valence-corrected chi connectivity index (χ0v) is 17.1. The van der Waals surface area contributed by atoms with Gasteiger partial charge < -0.3 is 20.3 Å². The minimum Gasteiger partial charge on any atom is -0.494 e. The molecule has 0 saturated carbocycles. The van der Waals surface area contributed by atoms with Crippen molar-refractivity contribution in [3.63, 3.8) is 0 Å². The molecule has 1 saturated heterocycles. The highest BCUT2D eigenvalue weighted by Crippen LogP contribution is 2.14. The normalized spacial score (nSPS) is 13.0. The number of carbonyl (C=O) groups is 3. The van der Waals surface area contributed by atoms with Crippen LogP contribution in [0.1, 0.15) is 46.0 Å². The van der Waals surface area contributed by atoms with Crippen molar-refractivity contribution in [3.8, 4) is 5.75 Å². The molecule has 0 atom stereocenters. The van der Waals surface area contributed by atoms with Crippen molar-refractivity contribution in [2.45, 2.75) is 26.3 Å². The lowest BCUT2D eigenvalue weighted by atomic mass is 10.1. The number of likely N-dealkylation sites (tertiary alicyclic amines) is 1. The molecule has 158 valence electrons. The van der Waals surface area contributed by atoms with Crippen LogP contribution in [0.5, 0.6) is 5.75 Å². The largest absolute Gasteiger partial charge is 0.494 e. The summed E-state index contributed by atoms with van der Waals surface area (Å²) >= 11 is 0. The second kappa shape index (κ2) is 10.4. The maximum atomic E-state index is 12.4. The number of ether oxygens (including phenoxy) is 1. The van der Waals surface area contributed by atoms with E-state index in [1.807, 2.05) is 24.0 Å². The molecule has 0 aromatic heterocycles. The number of nitrogens with zero attached hydrogens (tertiary/aromatic N) is 1. The highest BCUT2D eigenvalue weighted by atomic mass is 16.5. The number of nitrogens with one attached hydrogen (secondary N) is 2. The fraction of sp³-hybridized carbons (Fsp3) is 0.348. The summed E-state index contributed by atoms with van der Waals surface area (Å²) in [5, 5.41) is 5.37. The molecule has 0 unspecified atom stereocenters. The van der Waals surface area contributed by atoms with Crippen molar-refractivity contribution in [2.75, 3.05) is 26.2 Å². The Labute approximate surface area is 176 Å². The maximum absolute atomic E-state index is 12.4. The number of amides is 3. The van der Waals surface area contributed by atoms with Crippen LogP contribution >= 0.6 is 0 Å². The van der Waals surface area contributed by atoms with E-state index in [-0.39, 0.29) is 24.3 Å². The van der Waals surface area contributed by atoms with Crippen LogP contribution in [0.25, 0.3) is 0 Å². The fourth-order valence-electron chi connectivity index (χ4n) is 3.26. The van der Waals surface area contributed by atoms with Gasteiger partial charge in [0.1, 0.15) is 5.75 Å². The summed E-state index contributed by atoms with van der Waals surface area (Å²) in [6, 6.07) is 14.0. The van der Waals surface area contributed by atoms with Gasteiger partial charge in [-0.25, -0.2) is 0 Å². The number of hydrogen-bond acceptors (Lipinski definition) is 4. The smallest absolute Gasteiger partial charge is 0.253 e. The van der Waals surface area contributed by atoms with Crippen LogP contribution in [0, 0.1) is 0 Å². The van der Waals surface area contributed by atoms with Gasteiger partial charge in [0.15, 0.2) is 0 Å². The Bertz CT molecular complexity index is 872.